The summed E-state index contributed by atoms with van der Waals surface area (Å²) in [6, 6.07) is 6.14. The molecule has 0 amide bonds. The van der Waals surface area contributed by atoms with E-state index in [0.717, 1.165) is 10.4 Å². The van der Waals surface area contributed by atoms with Crippen LogP contribution in [0.15, 0.2) is 35.2 Å². The van der Waals surface area contributed by atoms with Gasteiger partial charge in [0.1, 0.15) is 15.7 Å². The van der Waals surface area contributed by atoms with Crippen molar-refractivity contribution in [3.05, 3.63) is 55.5 Å². The summed E-state index contributed by atoms with van der Waals surface area (Å²) in [4.78, 5) is 10.1. The molecule has 2 rings (SSSR count). The van der Waals surface area contributed by atoms with E-state index in [9.17, 15) is 18.5 Å². The van der Waals surface area contributed by atoms with E-state index in [-0.39, 0.29) is 43.6 Å². The molecule has 0 unspecified atom stereocenters. The van der Waals surface area contributed by atoms with E-state index >= 15 is 0 Å². The average Bonchev–Trinajstić information content (AvgIpc) is 2.58. The maximum atomic E-state index is 13.1. The van der Waals surface area contributed by atoms with Crippen LogP contribution in [0.4, 0.5) is 11.4 Å². The fourth-order valence-electron chi connectivity index (χ4n) is 2.27. The van der Waals surface area contributed by atoms with Crippen molar-refractivity contribution in [2.24, 2.45) is 0 Å². The van der Waals surface area contributed by atoms with Crippen molar-refractivity contribution in [3.8, 4) is 5.75 Å². The van der Waals surface area contributed by atoms with Gasteiger partial charge in [0.15, 0.2) is 0 Å². The number of halogens is 3. The number of benzene rings is 2. The zero-order chi connectivity index (χ0) is 19.6. The van der Waals surface area contributed by atoms with Crippen LogP contribution >= 0.6 is 34.8 Å². The zero-order valence-electron chi connectivity index (χ0n) is 13.6. The molecule has 0 aliphatic heterocycles. The lowest BCUT2D eigenvalue weighted by atomic mass is 10.3. The van der Waals surface area contributed by atoms with E-state index < -0.39 is 14.9 Å². The third kappa shape index (κ3) is 3.68. The predicted octanol–water partition coefficient (Wildman–Crippen LogP) is 4.78. The lowest BCUT2D eigenvalue weighted by Gasteiger charge is -2.24. The number of non-ortho nitro benzene ring substituents is 1. The first-order valence-electron chi connectivity index (χ1n) is 7.13. The number of nitro groups is 1. The highest BCUT2D eigenvalue weighted by Gasteiger charge is 2.30. The molecule has 0 aliphatic rings. The van der Waals surface area contributed by atoms with Gasteiger partial charge in [-0.15, -0.1) is 0 Å². The number of nitro benzene ring substituents is 1. The molecule has 0 bridgehead atoms. The fraction of sp³-hybridized carbons (Fsp3) is 0.200. The minimum atomic E-state index is -4.19. The van der Waals surface area contributed by atoms with E-state index in [1.165, 1.54) is 31.4 Å². The van der Waals surface area contributed by atoms with Gasteiger partial charge in [0, 0.05) is 18.7 Å². The van der Waals surface area contributed by atoms with Gasteiger partial charge in [-0.05, 0) is 25.1 Å². The van der Waals surface area contributed by atoms with Crippen LogP contribution in [-0.2, 0) is 10.0 Å². The van der Waals surface area contributed by atoms with Crippen molar-refractivity contribution in [3.63, 3.8) is 0 Å². The van der Waals surface area contributed by atoms with Crippen LogP contribution in [0.2, 0.25) is 15.1 Å². The highest BCUT2D eigenvalue weighted by molar-refractivity contribution is 7.93. The molecule has 0 saturated carbocycles. The molecule has 0 saturated heterocycles. The number of anilines is 1. The van der Waals surface area contributed by atoms with Gasteiger partial charge in [-0.25, -0.2) is 8.42 Å². The first-order chi connectivity index (χ1) is 12.1. The number of rotatable bonds is 6. The van der Waals surface area contributed by atoms with E-state index in [1.54, 1.807) is 6.92 Å². The molecule has 11 heteroatoms. The van der Waals surface area contributed by atoms with Crippen LogP contribution < -0.4 is 9.04 Å². The maximum Gasteiger partial charge on any atom is 0.271 e. The molecule has 0 N–H and O–H groups in total. The number of sulfonamides is 1. The van der Waals surface area contributed by atoms with Crippen molar-refractivity contribution < 1.29 is 18.1 Å². The molecule has 7 nitrogen and oxygen atoms in total. The molecule has 0 spiro atoms. The van der Waals surface area contributed by atoms with Gasteiger partial charge < -0.3 is 4.74 Å². The summed E-state index contributed by atoms with van der Waals surface area (Å²) in [5, 5.41) is 10.8. The molecule has 0 atom stereocenters. The smallest absolute Gasteiger partial charge is 0.271 e. The molecular weight excluding hydrogens is 427 g/mol. The Morgan fingerprint density at radius 3 is 2.35 bits per heavy atom. The summed E-state index contributed by atoms with van der Waals surface area (Å²) in [5.74, 6) is 0.215. The Balaban J connectivity index is 2.66. The van der Waals surface area contributed by atoms with Gasteiger partial charge >= 0.3 is 0 Å². The summed E-state index contributed by atoms with van der Waals surface area (Å²) < 4.78 is 32.1. The molecule has 0 heterocycles. The number of hydrogen-bond acceptors (Lipinski definition) is 5. The molecule has 0 aromatic heterocycles. The van der Waals surface area contributed by atoms with E-state index in [2.05, 4.69) is 0 Å². The Kier molecular flexibility index (Phi) is 6.23. The van der Waals surface area contributed by atoms with Gasteiger partial charge in [-0.2, -0.15) is 0 Å². The summed E-state index contributed by atoms with van der Waals surface area (Å²) >= 11 is 18.2. The van der Waals surface area contributed by atoms with Gasteiger partial charge in [-0.1, -0.05) is 34.8 Å². The lowest BCUT2D eigenvalue weighted by molar-refractivity contribution is -0.384. The van der Waals surface area contributed by atoms with Gasteiger partial charge in [0.25, 0.3) is 15.7 Å². The minimum Gasteiger partial charge on any atom is -0.495 e. The first kappa shape index (κ1) is 20.6. The lowest BCUT2D eigenvalue weighted by Crippen LogP contribution is -2.31. The van der Waals surface area contributed by atoms with Crippen molar-refractivity contribution in [2.45, 2.75) is 11.8 Å². The highest BCUT2D eigenvalue weighted by Crippen LogP contribution is 2.40. The Labute approximate surface area is 165 Å². The van der Waals surface area contributed by atoms with E-state index in [1.807, 2.05) is 0 Å². The summed E-state index contributed by atoms with van der Waals surface area (Å²) in [6.07, 6.45) is 0. The number of nitrogens with zero attached hydrogens (tertiary/aromatic N) is 2. The van der Waals surface area contributed by atoms with Crippen molar-refractivity contribution in [2.75, 3.05) is 18.0 Å². The van der Waals surface area contributed by atoms with Gasteiger partial charge in [-0.3, -0.25) is 14.4 Å². The third-order valence-corrected chi connectivity index (χ3v) is 6.72. The van der Waals surface area contributed by atoms with Crippen LogP contribution in [-0.4, -0.2) is 27.0 Å². The molecule has 0 fully saturated rings. The van der Waals surface area contributed by atoms with Crippen LogP contribution in [0.5, 0.6) is 5.75 Å². The normalized spacial score (nSPS) is 11.3. The van der Waals surface area contributed by atoms with Crippen molar-refractivity contribution >= 4 is 56.2 Å². The molecule has 2 aromatic carbocycles. The molecule has 0 aliphatic carbocycles. The highest BCUT2D eigenvalue weighted by atomic mass is 35.5. The summed E-state index contributed by atoms with van der Waals surface area (Å²) in [5.41, 5.74) is -0.330. The number of methoxy groups -OCH3 is 1. The quantitative estimate of drug-likeness (QED) is 0.477. The summed E-state index contributed by atoms with van der Waals surface area (Å²) in [7, 11) is -2.82. The molecule has 26 heavy (non-hydrogen) atoms. The third-order valence-electron chi connectivity index (χ3n) is 3.50. The average molecular weight is 440 g/mol. The topological polar surface area (TPSA) is 89.8 Å². The second kappa shape index (κ2) is 7.87. The number of ether oxygens (including phenoxy) is 1. The van der Waals surface area contributed by atoms with Gasteiger partial charge in [0.05, 0.1) is 27.8 Å². The maximum absolute atomic E-state index is 13.1. The summed E-state index contributed by atoms with van der Waals surface area (Å²) in [6.45, 7) is 1.52. The fourth-order valence-corrected chi connectivity index (χ4v) is 4.84. The Hall–Kier alpha value is -1.74. The molecule has 2 aromatic rings. The van der Waals surface area contributed by atoms with Crippen LogP contribution in [0, 0.1) is 10.1 Å². The zero-order valence-corrected chi connectivity index (χ0v) is 16.7. The van der Waals surface area contributed by atoms with E-state index in [0.29, 0.717) is 0 Å². The van der Waals surface area contributed by atoms with Crippen LogP contribution in [0.1, 0.15) is 6.92 Å². The van der Waals surface area contributed by atoms with Crippen molar-refractivity contribution in [1.29, 1.82) is 0 Å². The molecule has 140 valence electrons. The standard InChI is InChI=1S/C15H13Cl3N2O5S/c1-3-19(11-8-9(20(21)22)4-5-10(11)16)26(23,24)13-7-6-12(25-2)14(17)15(13)18/h4-8H,3H2,1-2H3. The second-order valence-electron chi connectivity index (χ2n) is 4.96. The minimum absolute atomic E-state index is 0.0358. The van der Waals surface area contributed by atoms with Crippen molar-refractivity contribution in [1.82, 2.24) is 0 Å². The molecular formula is C15H13Cl3N2O5S. The Morgan fingerprint density at radius 1 is 1.15 bits per heavy atom. The first-order valence-corrected chi connectivity index (χ1v) is 9.71. The number of hydrogen-bond donors (Lipinski definition) is 0. The SMILES string of the molecule is CCN(c1cc([N+](=O)[O-])ccc1Cl)S(=O)(=O)c1ccc(OC)c(Cl)c1Cl. The largest absolute Gasteiger partial charge is 0.495 e. The van der Waals surface area contributed by atoms with E-state index in [4.69, 9.17) is 39.5 Å². The van der Waals surface area contributed by atoms with Crippen LogP contribution in [0.25, 0.3) is 0 Å². The Bertz CT molecular complexity index is 966. The predicted molar refractivity (Wildman–Crippen MR) is 101 cm³/mol. The molecule has 0 radical (unpaired) electrons. The Morgan fingerprint density at radius 2 is 1.81 bits per heavy atom. The van der Waals surface area contributed by atoms with Gasteiger partial charge in [0.2, 0.25) is 0 Å². The second-order valence-corrected chi connectivity index (χ2v) is 7.95. The monoisotopic (exact) mass is 438 g/mol. The van der Waals surface area contributed by atoms with Crippen LogP contribution in [0.3, 0.4) is 0 Å².